The van der Waals surface area contributed by atoms with Crippen molar-refractivity contribution in [2.75, 3.05) is 7.05 Å². The van der Waals surface area contributed by atoms with Crippen molar-refractivity contribution in [3.63, 3.8) is 0 Å². The number of rotatable bonds is 5. The Balaban J connectivity index is 3.31. The average Bonchev–Trinajstić information content (AvgIpc) is 2.36. The number of carbonyl (C=O) groups excluding carboxylic acids is 1. The molecule has 0 saturated heterocycles. The van der Waals surface area contributed by atoms with E-state index in [-0.39, 0.29) is 9.87 Å². The third-order valence-corrected chi connectivity index (χ3v) is 5.28. The first-order valence-corrected chi connectivity index (χ1v) is 7.47. The molecule has 0 aliphatic carbocycles. The van der Waals surface area contributed by atoms with Crippen molar-refractivity contribution in [2.45, 2.75) is 24.4 Å². The van der Waals surface area contributed by atoms with E-state index < -0.39 is 39.2 Å². The normalized spacial score (nSPS) is 15.6. The van der Waals surface area contributed by atoms with E-state index in [1.165, 1.54) is 12.1 Å². The SMILES string of the molecule is C[C@H](C(F)(F)F)S(=O)(=O)N(C)[C@H](C(N)=O)c1cccc(F)c1. The number of benzene rings is 1. The first-order valence-electron chi connectivity index (χ1n) is 5.97. The quantitative estimate of drug-likeness (QED) is 0.825. The molecule has 2 atom stereocenters. The fourth-order valence-electron chi connectivity index (χ4n) is 1.80. The maximum Gasteiger partial charge on any atom is 0.406 e. The molecule has 1 aromatic carbocycles. The van der Waals surface area contributed by atoms with Gasteiger partial charge in [0.05, 0.1) is 0 Å². The van der Waals surface area contributed by atoms with Crippen molar-refractivity contribution < 1.29 is 30.8 Å². The van der Waals surface area contributed by atoms with Gasteiger partial charge >= 0.3 is 6.18 Å². The van der Waals surface area contributed by atoms with Gasteiger partial charge in [-0.3, -0.25) is 4.79 Å². The fourth-order valence-corrected chi connectivity index (χ4v) is 3.15. The van der Waals surface area contributed by atoms with Crippen molar-refractivity contribution in [1.82, 2.24) is 4.31 Å². The van der Waals surface area contributed by atoms with Gasteiger partial charge in [-0.25, -0.2) is 12.8 Å². The molecule has 0 bridgehead atoms. The highest BCUT2D eigenvalue weighted by Crippen LogP contribution is 2.31. The summed E-state index contributed by atoms with van der Waals surface area (Å²) >= 11 is 0. The zero-order valence-electron chi connectivity index (χ0n) is 11.6. The van der Waals surface area contributed by atoms with Crippen LogP contribution in [0.3, 0.4) is 0 Å². The summed E-state index contributed by atoms with van der Waals surface area (Å²) in [6.45, 7) is 0.454. The molecule has 10 heteroatoms. The number of halogens is 4. The van der Waals surface area contributed by atoms with Crippen molar-refractivity contribution >= 4 is 15.9 Å². The summed E-state index contributed by atoms with van der Waals surface area (Å²) in [4.78, 5) is 11.5. The summed E-state index contributed by atoms with van der Waals surface area (Å²) in [5.41, 5.74) is 4.92. The van der Waals surface area contributed by atoms with Crippen LogP contribution in [0.1, 0.15) is 18.5 Å². The lowest BCUT2D eigenvalue weighted by Gasteiger charge is -2.29. The Morgan fingerprint density at radius 1 is 1.32 bits per heavy atom. The van der Waals surface area contributed by atoms with Crippen molar-refractivity contribution in [3.05, 3.63) is 35.6 Å². The minimum absolute atomic E-state index is 0.159. The first kappa shape index (κ1) is 18.4. The molecule has 0 unspecified atom stereocenters. The van der Waals surface area contributed by atoms with Crippen LogP contribution in [0.5, 0.6) is 0 Å². The van der Waals surface area contributed by atoms with Crippen LogP contribution in [0.4, 0.5) is 17.6 Å². The number of sulfonamides is 1. The first-order chi connectivity index (χ1) is 9.89. The molecule has 0 heterocycles. The Morgan fingerprint density at radius 2 is 1.86 bits per heavy atom. The van der Waals surface area contributed by atoms with Crippen LogP contribution in [0.2, 0.25) is 0 Å². The van der Waals surface area contributed by atoms with Crippen LogP contribution in [-0.2, 0) is 14.8 Å². The highest BCUT2D eigenvalue weighted by Gasteiger charge is 2.49. The Kier molecular flexibility index (Phi) is 5.18. The number of likely N-dealkylation sites (N-methyl/N-ethyl adjacent to an activating group) is 1. The van der Waals surface area contributed by atoms with E-state index in [1.54, 1.807) is 0 Å². The highest BCUT2D eigenvalue weighted by atomic mass is 32.2. The van der Waals surface area contributed by atoms with E-state index in [2.05, 4.69) is 0 Å². The van der Waals surface area contributed by atoms with Gasteiger partial charge in [-0.15, -0.1) is 0 Å². The molecule has 0 saturated carbocycles. The smallest absolute Gasteiger partial charge is 0.368 e. The second-order valence-electron chi connectivity index (χ2n) is 4.60. The third-order valence-electron chi connectivity index (χ3n) is 3.11. The topological polar surface area (TPSA) is 80.5 Å². The maximum absolute atomic E-state index is 13.2. The average molecular weight is 342 g/mol. The second kappa shape index (κ2) is 6.21. The predicted octanol–water partition coefficient (Wildman–Crippen LogP) is 1.56. The van der Waals surface area contributed by atoms with E-state index in [4.69, 9.17) is 5.73 Å². The Morgan fingerprint density at radius 3 is 2.27 bits per heavy atom. The van der Waals surface area contributed by atoms with Crippen LogP contribution in [0, 0.1) is 5.82 Å². The molecule has 2 N–H and O–H groups in total. The van der Waals surface area contributed by atoms with Gasteiger partial charge in [0.2, 0.25) is 15.9 Å². The molecular weight excluding hydrogens is 328 g/mol. The lowest BCUT2D eigenvalue weighted by atomic mass is 10.1. The predicted molar refractivity (Wildman–Crippen MR) is 70.5 cm³/mol. The number of amides is 1. The summed E-state index contributed by atoms with van der Waals surface area (Å²) in [6, 6.07) is 2.51. The van der Waals surface area contributed by atoms with E-state index in [0.717, 1.165) is 19.2 Å². The molecule has 0 aromatic heterocycles. The van der Waals surface area contributed by atoms with Crippen LogP contribution in [0.15, 0.2) is 24.3 Å². The lowest BCUT2D eigenvalue weighted by molar-refractivity contribution is -0.129. The Labute approximate surface area is 124 Å². The number of alkyl halides is 3. The van der Waals surface area contributed by atoms with Gasteiger partial charge < -0.3 is 5.73 Å². The van der Waals surface area contributed by atoms with E-state index >= 15 is 0 Å². The standard InChI is InChI=1S/C12H14F4N2O3S/c1-7(12(14,15)16)22(20,21)18(2)10(11(17)19)8-4-3-5-9(13)6-8/h3-7,10H,1-2H3,(H2,17,19)/t7-,10+/m1/s1. The minimum Gasteiger partial charge on any atom is -0.368 e. The van der Waals surface area contributed by atoms with Crippen LogP contribution >= 0.6 is 0 Å². The third kappa shape index (κ3) is 3.74. The summed E-state index contributed by atoms with van der Waals surface area (Å²) in [6.07, 6.45) is -5.02. The second-order valence-corrected chi connectivity index (χ2v) is 6.92. The molecule has 0 aliphatic rings. The molecule has 1 rings (SSSR count). The molecule has 0 radical (unpaired) electrons. The summed E-state index contributed by atoms with van der Waals surface area (Å²) in [5.74, 6) is -2.00. The van der Waals surface area contributed by atoms with E-state index in [9.17, 15) is 30.8 Å². The van der Waals surface area contributed by atoms with Crippen LogP contribution in [-0.4, -0.2) is 37.1 Å². The number of nitrogens with zero attached hydrogens (tertiary/aromatic N) is 1. The number of nitrogens with two attached hydrogens (primary N) is 1. The Hall–Kier alpha value is -1.68. The number of primary amides is 1. The van der Waals surface area contributed by atoms with Crippen molar-refractivity contribution in [1.29, 1.82) is 0 Å². The molecule has 124 valence electrons. The van der Waals surface area contributed by atoms with Crippen molar-refractivity contribution in [2.24, 2.45) is 5.73 Å². The molecule has 1 aromatic rings. The zero-order valence-corrected chi connectivity index (χ0v) is 12.5. The number of hydrogen-bond acceptors (Lipinski definition) is 3. The fraction of sp³-hybridized carbons (Fsp3) is 0.417. The van der Waals surface area contributed by atoms with Crippen LogP contribution < -0.4 is 5.73 Å². The van der Waals surface area contributed by atoms with Gasteiger partial charge in [-0.05, 0) is 24.6 Å². The summed E-state index contributed by atoms with van der Waals surface area (Å²) in [7, 11) is -4.13. The summed E-state index contributed by atoms with van der Waals surface area (Å²) < 4.78 is 75.3. The molecule has 0 spiro atoms. The lowest BCUT2D eigenvalue weighted by Crippen LogP contribution is -2.47. The number of carbonyl (C=O) groups is 1. The van der Waals surface area contributed by atoms with Crippen LogP contribution in [0.25, 0.3) is 0 Å². The van der Waals surface area contributed by atoms with Gasteiger partial charge in [0, 0.05) is 7.05 Å². The van der Waals surface area contributed by atoms with Gasteiger partial charge in [-0.1, -0.05) is 12.1 Å². The largest absolute Gasteiger partial charge is 0.406 e. The Bertz CT molecular complexity index is 661. The zero-order chi connectivity index (χ0) is 17.3. The van der Waals surface area contributed by atoms with Gasteiger partial charge in [0.25, 0.3) is 0 Å². The van der Waals surface area contributed by atoms with E-state index in [0.29, 0.717) is 6.92 Å². The van der Waals surface area contributed by atoms with Gasteiger partial charge in [-0.2, -0.15) is 17.5 Å². The minimum atomic E-state index is -5.02. The molecular formula is C12H14F4N2O3S. The summed E-state index contributed by atoms with van der Waals surface area (Å²) in [5, 5.41) is -2.74. The molecule has 1 amide bonds. The maximum atomic E-state index is 13.2. The molecule has 5 nitrogen and oxygen atoms in total. The number of hydrogen-bond donors (Lipinski definition) is 1. The monoisotopic (exact) mass is 342 g/mol. The van der Waals surface area contributed by atoms with Gasteiger partial charge in [0.15, 0.2) is 5.25 Å². The molecule has 0 fully saturated rings. The van der Waals surface area contributed by atoms with E-state index in [1.807, 2.05) is 0 Å². The molecule has 22 heavy (non-hydrogen) atoms. The van der Waals surface area contributed by atoms with Crippen molar-refractivity contribution in [3.8, 4) is 0 Å². The highest BCUT2D eigenvalue weighted by molar-refractivity contribution is 7.89. The molecule has 0 aliphatic heterocycles. The van der Waals surface area contributed by atoms with Gasteiger partial charge in [0.1, 0.15) is 11.9 Å².